The molecule has 5 nitrogen and oxygen atoms in total. The van der Waals surface area contributed by atoms with Gasteiger partial charge in [-0.2, -0.15) is 0 Å². The summed E-state index contributed by atoms with van der Waals surface area (Å²) in [7, 11) is 1.58. The summed E-state index contributed by atoms with van der Waals surface area (Å²) in [6.45, 7) is 3.67. The Bertz CT molecular complexity index is 824. The van der Waals surface area contributed by atoms with Crippen LogP contribution in [0.3, 0.4) is 0 Å². The molecule has 0 radical (unpaired) electrons. The third-order valence-electron chi connectivity index (χ3n) is 3.82. The largest absolute Gasteiger partial charge is 0.496 e. The van der Waals surface area contributed by atoms with Crippen molar-refractivity contribution in [3.63, 3.8) is 0 Å². The molecule has 0 heterocycles. The van der Waals surface area contributed by atoms with Crippen LogP contribution < -0.4 is 15.4 Å². The number of nitrogens with one attached hydrogen (secondary N) is 2. The zero-order valence-corrected chi connectivity index (χ0v) is 16.2. The van der Waals surface area contributed by atoms with E-state index in [4.69, 9.17) is 27.9 Å². The second-order valence-corrected chi connectivity index (χ2v) is 6.66. The third kappa shape index (κ3) is 5.13. The van der Waals surface area contributed by atoms with E-state index in [0.29, 0.717) is 16.3 Å². The molecule has 0 aliphatic rings. The first-order valence-corrected chi connectivity index (χ1v) is 8.74. The van der Waals surface area contributed by atoms with Crippen molar-refractivity contribution in [2.45, 2.75) is 19.9 Å². The van der Waals surface area contributed by atoms with Crippen molar-refractivity contribution in [2.75, 3.05) is 13.7 Å². The van der Waals surface area contributed by atoms with E-state index in [1.807, 2.05) is 32.0 Å². The van der Waals surface area contributed by atoms with Crippen LogP contribution in [0.25, 0.3) is 0 Å². The molecular formula is C19H20Cl2N2O3. The molecule has 7 heteroatoms. The monoisotopic (exact) mass is 394 g/mol. The highest BCUT2D eigenvalue weighted by molar-refractivity contribution is 6.42. The van der Waals surface area contributed by atoms with Crippen LogP contribution >= 0.6 is 23.2 Å². The molecule has 2 aromatic rings. The lowest BCUT2D eigenvalue weighted by Crippen LogP contribution is -2.38. The van der Waals surface area contributed by atoms with Gasteiger partial charge >= 0.3 is 0 Å². The average Bonchev–Trinajstić information content (AvgIpc) is 2.61. The molecule has 0 aliphatic carbocycles. The van der Waals surface area contributed by atoms with Crippen LogP contribution in [0.4, 0.5) is 0 Å². The first-order valence-electron chi connectivity index (χ1n) is 7.99. The molecule has 0 bridgehead atoms. The number of benzene rings is 2. The highest BCUT2D eigenvalue weighted by Gasteiger charge is 2.15. The minimum atomic E-state index is -0.403. The minimum absolute atomic E-state index is 0.155. The average molecular weight is 395 g/mol. The zero-order chi connectivity index (χ0) is 19.3. The van der Waals surface area contributed by atoms with E-state index < -0.39 is 5.91 Å². The number of aryl methyl sites for hydroxylation is 1. The maximum atomic E-state index is 12.2. The molecule has 2 amide bonds. The van der Waals surface area contributed by atoms with Crippen LogP contribution in [-0.2, 0) is 4.79 Å². The zero-order valence-electron chi connectivity index (χ0n) is 14.7. The Morgan fingerprint density at radius 2 is 1.85 bits per heavy atom. The molecule has 0 saturated carbocycles. The number of hydrogen-bond donors (Lipinski definition) is 2. The first kappa shape index (κ1) is 20.1. The summed E-state index contributed by atoms with van der Waals surface area (Å²) in [4.78, 5) is 24.3. The molecule has 0 saturated heterocycles. The second kappa shape index (κ2) is 8.92. The molecule has 2 rings (SSSR count). The van der Waals surface area contributed by atoms with Crippen LogP contribution in [0, 0.1) is 6.92 Å². The van der Waals surface area contributed by atoms with Gasteiger partial charge in [-0.1, -0.05) is 40.9 Å². The van der Waals surface area contributed by atoms with Gasteiger partial charge in [-0.25, -0.2) is 0 Å². The Kier molecular flexibility index (Phi) is 6.89. The number of rotatable bonds is 6. The maximum Gasteiger partial charge on any atom is 0.251 e. The first-order chi connectivity index (χ1) is 12.3. The van der Waals surface area contributed by atoms with Gasteiger partial charge in [0.2, 0.25) is 5.91 Å². The number of methoxy groups -OCH3 is 1. The van der Waals surface area contributed by atoms with Crippen LogP contribution in [0.15, 0.2) is 36.4 Å². The highest BCUT2D eigenvalue weighted by atomic mass is 35.5. The van der Waals surface area contributed by atoms with Crippen molar-refractivity contribution in [3.05, 3.63) is 63.1 Å². The van der Waals surface area contributed by atoms with Gasteiger partial charge in [-0.05, 0) is 38.1 Å². The van der Waals surface area contributed by atoms with E-state index in [0.717, 1.165) is 11.1 Å². The van der Waals surface area contributed by atoms with Gasteiger partial charge < -0.3 is 15.4 Å². The van der Waals surface area contributed by atoms with Gasteiger partial charge in [-0.15, -0.1) is 0 Å². The number of carbonyl (C=O) groups excluding carboxylic acids is 2. The molecule has 0 aliphatic heterocycles. The quantitative estimate of drug-likeness (QED) is 0.779. The molecule has 26 heavy (non-hydrogen) atoms. The van der Waals surface area contributed by atoms with E-state index in [1.54, 1.807) is 13.2 Å². The van der Waals surface area contributed by atoms with Crippen molar-refractivity contribution in [3.8, 4) is 5.75 Å². The molecular weight excluding hydrogens is 375 g/mol. The Morgan fingerprint density at radius 1 is 1.12 bits per heavy atom. The second-order valence-electron chi connectivity index (χ2n) is 5.85. The molecule has 1 atom stereocenters. The van der Waals surface area contributed by atoms with Crippen molar-refractivity contribution < 1.29 is 14.3 Å². The molecule has 0 fully saturated rings. The summed E-state index contributed by atoms with van der Waals surface area (Å²) in [6, 6.07) is 10.0. The fourth-order valence-electron chi connectivity index (χ4n) is 2.46. The molecule has 0 unspecified atom stereocenters. The van der Waals surface area contributed by atoms with Crippen molar-refractivity contribution in [1.29, 1.82) is 0 Å². The number of carbonyl (C=O) groups is 2. The maximum absolute atomic E-state index is 12.2. The lowest BCUT2D eigenvalue weighted by Gasteiger charge is -2.18. The van der Waals surface area contributed by atoms with E-state index in [-0.39, 0.29) is 23.5 Å². The normalized spacial score (nSPS) is 11.6. The molecule has 0 aromatic heterocycles. The number of ether oxygens (including phenoxy) is 1. The molecule has 2 aromatic carbocycles. The summed E-state index contributed by atoms with van der Waals surface area (Å²) < 4.78 is 5.34. The standard InChI is InChI=1S/C19H20Cl2N2O3/c1-11-4-7-17(26-3)14(8-11)12(2)23-18(24)10-22-19(25)13-5-6-15(20)16(21)9-13/h4-9,12H,10H2,1-3H3,(H,22,25)(H,23,24)/t12-/m1/s1. The van der Waals surface area contributed by atoms with Crippen molar-refractivity contribution in [2.24, 2.45) is 0 Å². The molecule has 0 spiro atoms. The fraction of sp³-hybridized carbons (Fsp3) is 0.263. The van der Waals surface area contributed by atoms with E-state index in [1.165, 1.54) is 12.1 Å². The summed E-state index contributed by atoms with van der Waals surface area (Å²) in [5.41, 5.74) is 2.27. The topological polar surface area (TPSA) is 67.4 Å². The Hall–Kier alpha value is -2.24. The summed E-state index contributed by atoms with van der Waals surface area (Å²) in [6.07, 6.45) is 0. The lowest BCUT2D eigenvalue weighted by atomic mass is 10.0. The van der Waals surface area contributed by atoms with Crippen LogP contribution in [0.2, 0.25) is 10.0 Å². The Balaban J connectivity index is 1.95. The molecule has 2 N–H and O–H groups in total. The minimum Gasteiger partial charge on any atom is -0.496 e. The van der Waals surface area contributed by atoms with Gasteiger partial charge in [-0.3, -0.25) is 9.59 Å². The summed E-state index contributed by atoms with van der Waals surface area (Å²) in [5, 5.41) is 6.05. The van der Waals surface area contributed by atoms with Crippen LogP contribution in [-0.4, -0.2) is 25.5 Å². The van der Waals surface area contributed by atoms with Crippen LogP contribution in [0.1, 0.15) is 34.5 Å². The van der Waals surface area contributed by atoms with Crippen molar-refractivity contribution >= 4 is 35.0 Å². The number of hydrogen-bond acceptors (Lipinski definition) is 3. The van der Waals surface area contributed by atoms with Crippen molar-refractivity contribution in [1.82, 2.24) is 10.6 Å². The lowest BCUT2D eigenvalue weighted by molar-refractivity contribution is -0.120. The smallest absolute Gasteiger partial charge is 0.251 e. The van der Waals surface area contributed by atoms with Gasteiger partial charge in [0.15, 0.2) is 0 Å². The predicted molar refractivity (Wildman–Crippen MR) is 103 cm³/mol. The Morgan fingerprint density at radius 3 is 2.50 bits per heavy atom. The summed E-state index contributed by atoms with van der Waals surface area (Å²) >= 11 is 11.7. The number of amides is 2. The van der Waals surface area contributed by atoms with Gasteiger partial charge in [0.1, 0.15) is 5.75 Å². The van der Waals surface area contributed by atoms with E-state index in [9.17, 15) is 9.59 Å². The van der Waals surface area contributed by atoms with E-state index in [2.05, 4.69) is 10.6 Å². The fourth-order valence-corrected chi connectivity index (χ4v) is 2.76. The highest BCUT2D eigenvalue weighted by Crippen LogP contribution is 2.26. The molecule has 138 valence electrons. The third-order valence-corrected chi connectivity index (χ3v) is 4.56. The van der Waals surface area contributed by atoms with Gasteiger partial charge in [0.25, 0.3) is 5.91 Å². The van der Waals surface area contributed by atoms with Crippen LogP contribution in [0.5, 0.6) is 5.75 Å². The summed E-state index contributed by atoms with van der Waals surface area (Å²) in [5.74, 6) is -0.0165. The SMILES string of the molecule is COc1ccc(C)cc1[C@@H](C)NC(=O)CNC(=O)c1ccc(Cl)c(Cl)c1. The number of halogens is 2. The van der Waals surface area contributed by atoms with Gasteiger partial charge in [0.05, 0.1) is 29.7 Å². The van der Waals surface area contributed by atoms with Gasteiger partial charge in [0, 0.05) is 11.1 Å². The Labute approximate surface area is 162 Å². The van der Waals surface area contributed by atoms with E-state index >= 15 is 0 Å². The predicted octanol–water partition coefficient (Wildman–Crippen LogP) is 3.92.